The number of rotatable bonds is 8. The molecule has 0 unspecified atom stereocenters. The maximum Gasteiger partial charge on any atom is 0.238 e. The monoisotopic (exact) mass is 458 g/mol. The molecule has 2 amide bonds. The summed E-state index contributed by atoms with van der Waals surface area (Å²) >= 11 is 2.22. The summed E-state index contributed by atoms with van der Waals surface area (Å²) in [4.78, 5) is 28.3. The highest BCUT2D eigenvalue weighted by molar-refractivity contribution is 14.1. The number of halogens is 1. The molecule has 2 rings (SSSR count). The van der Waals surface area contributed by atoms with Gasteiger partial charge in [0.1, 0.15) is 0 Å². The van der Waals surface area contributed by atoms with Gasteiger partial charge in [-0.15, -0.1) is 0 Å². The first-order chi connectivity index (χ1) is 12.1. The highest BCUT2D eigenvalue weighted by Crippen LogP contribution is 2.16. The minimum Gasteiger partial charge on any atom is -0.355 e. The third-order valence-corrected chi connectivity index (χ3v) is 5.14. The molecule has 1 aromatic rings. The second-order valence-corrected chi connectivity index (χ2v) is 7.45. The van der Waals surface area contributed by atoms with Gasteiger partial charge >= 0.3 is 0 Å². The van der Waals surface area contributed by atoms with Crippen molar-refractivity contribution in [2.75, 3.05) is 51.1 Å². The van der Waals surface area contributed by atoms with Crippen LogP contribution in [0.5, 0.6) is 0 Å². The Kier molecular flexibility index (Phi) is 8.63. The number of para-hydroxylation sites is 1. The van der Waals surface area contributed by atoms with Crippen LogP contribution in [-0.4, -0.2) is 67.4 Å². The molecule has 0 radical (unpaired) electrons. The highest BCUT2D eigenvalue weighted by Gasteiger charge is 2.20. The van der Waals surface area contributed by atoms with Gasteiger partial charge < -0.3 is 10.6 Å². The van der Waals surface area contributed by atoms with Crippen LogP contribution in [-0.2, 0) is 9.59 Å². The molecule has 0 aromatic heterocycles. The van der Waals surface area contributed by atoms with Crippen molar-refractivity contribution in [3.63, 3.8) is 0 Å². The third kappa shape index (κ3) is 7.29. The van der Waals surface area contributed by atoms with Crippen LogP contribution in [0, 0.1) is 3.57 Å². The predicted molar refractivity (Wildman–Crippen MR) is 109 cm³/mol. The number of carbonyl (C=O) groups excluding carboxylic acids is 2. The van der Waals surface area contributed by atoms with E-state index in [1.165, 1.54) is 0 Å². The van der Waals surface area contributed by atoms with Gasteiger partial charge in [-0.3, -0.25) is 19.4 Å². The largest absolute Gasteiger partial charge is 0.355 e. The Hall–Kier alpha value is -1.19. The molecular weight excluding hydrogens is 431 g/mol. The van der Waals surface area contributed by atoms with Crippen molar-refractivity contribution in [3.05, 3.63) is 27.8 Å². The minimum absolute atomic E-state index is 0.00914. The lowest BCUT2D eigenvalue weighted by Crippen LogP contribution is -2.51. The molecule has 1 fully saturated rings. The van der Waals surface area contributed by atoms with Crippen LogP contribution in [0.4, 0.5) is 5.69 Å². The van der Waals surface area contributed by atoms with E-state index in [0.29, 0.717) is 13.1 Å². The summed E-state index contributed by atoms with van der Waals surface area (Å²) < 4.78 is 1.03. The lowest BCUT2D eigenvalue weighted by Gasteiger charge is -2.33. The van der Waals surface area contributed by atoms with Crippen molar-refractivity contribution >= 4 is 40.1 Å². The number of unbranched alkanes of at least 4 members (excludes halogenated alkanes) is 1. The van der Waals surface area contributed by atoms with E-state index in [0.717, 1.165) is 54.8 Å². The number of benzene rings is 1. The fourth-order valence-electron chi connectivity index (χ4n) is 2.72. The average molecular weight is 458 g/mol. The molecule has 0 spiro atoms. The lowest BCUT2D eigenvalue weighted by atomic mass is 10.3. The molecule has 1 heterocycles. The summed E-state index contributed by atoms with van der Waals surface area (Å²) in [6.07, 6.45) is 2.11. The molecule has 6 nitrogen and oxygen atoms in total. The Morgan fingerprint density at radius 2 is 1.64 bits per heavy atom. The number of hydrogen-bond acceptors (Lipinski definition) is 4. The van der Waals surface area contributed by atoms with E-state index in [1.807, 2.05) is 24.3 Å². The molecule has 0 aliphatic carbocycles. The topological polar surface area (TPSA) is 64.7 Å². The molecule has 1 saturated heterocycles. The quantitative estimate of drug-likeness (QED) is 0.461. The van der Waals surface area contributed by atoms with Crippen LogP contribution in [0.15, 0.2) is 24.3 Å². The van der Waals surface area contributed by atoms with Crippen molar-refractivity contribution in [2.24, 2.45) is 0 Å². The number of carbonyl (C=O) groups is 2. The van der Waals surface area contributed by atoms with Gasteiger partial charge in [-0.25, -0.2) is 0 Å². The molecule has 7 heteroatoms. The standard InChI is InChI=1S/C18H27IN4O2/c1-2-3-8-20-17(24)13-22-9-11-23(12-10-22)14-18(25)21-16-7-5-4-6-15(16)19/h4-7H,2-3,8-14H2,1H3,(H,20,24)(H,21,25). The van der Waals surface area contributed by atoms with Gasteiger partial charge in [-0.1, -0.05) is 25.5 Å². The van der Waals surface area contributed by atoms with Gasteiger partial charge in [0, 0.05) is 36.3 Å². The SMILES string of the molecule is CCCCNC(=O)CN1CCN(CC(=O)Nc2ccccc2I)CC1. The molecule has 0 saturated carbocycles. The van der Waals surface area contributed by atoms with Gasteiger partial charge in [0.05, 0.1) is 18.8 Å². The number of amides is 2. The van der Waals surface area contributed by atoms with Crippen molar-refractivity contribution in [1.82, 2.24) is 15.1 Å². The van der Waals surface area contributed by atoms with Crippen molar-refractivity contribution in [2.45, 2.75) is 19.8 Å². The van der Waals surface area contributed by atoms with Crippen molar-refractivity contribution < 1.29 is 9.59 Å². The summed E-state index contributed by atoms with van der Waals surface area (Å²) in [7, 11) is 0. The zero-order valence-electron chi connectivity index (χ0n) is 14.8. The van der Waals surface area contributed by atoms with E-state index in [2.05, 4.69) is 49.9 Å². The lowest BCUT2D eigenvalue weighted by molar-refractivity contribution is -0.123. The summed E-state index contributed by atoms with van der Waals surface area (Å²) in [5, 5.41) is 5.91. The maximum atomic E-state index is 12.2. The molecule has 0 atom stereocenters. The number of nitrogens with zero attached hydrogens (tertiary/aromatic N) is 2. The van der Waals surface area contributed by atoms with Crippen LogP contribution >= 0.6 is 22.6 Å². The van der Waals surface area contributed by atoms with E-state index in [4.69, 9.17) is 0 Å². The van der Waals surface area contributed by atoms with E-state index in [9.17, 15) is 9.59 Å². The second-order valence-electron chi connectivity index (χ2n) is 6.28. The minimum atomic E-state index is 0.00914. The van der Waals surface area contributed by atoms with E-state index in [1.54, 1.807) is 0 Å². The van der Waals surface area contributed by atoms with E-state index < -0.39 is 0 Å². The Balaban J connectivity index is 1.67. The fourth-order valence-corrected chi connectivity index (χ4v) is 3.25. The molecule has 1 aromatic carbocycles. The second kappa shape index (κ2) is 10.7. The Morgan fingerprint density at radius 3 is 2.24 bits per heavy atom. The smallest absolute Gasteiger partial charge is 0.238 e. The summed E-state index contributed by atoms with van der Waals surface area (Å²) in [5.41, 5.74) is 0.857. The fraction of sp³-hybridized carbons (Fsp3) is 0.556. The van der Waals surface area contributed by atoms with Crippen LogP contribution in [0.1, 0.15) is 19.8 Å². The zero-order chi connectivity index (χ0) is 18.1. The molecule has 25 heavy (non-hydrogen) atoms. The van der Waals surface area contributed by atoms with Gasteiger partial charge in [0.15, 0.2) is 0 Å². The molecule has 0 bridgehead atoms. The normalized spacial score (nSPS) is 15.8. The Bertz CT molecular complexity index is 574. The zero-order valence-corrected chi connectivity index (χ0v) is 16.9. The maximum absolute atomic E-state index is 12.2. The molecule has 2 N–H and O–H groups in total. The first-order valence-corrected chi connectivity index (χ1v) is 9.92. The van der Waals surface area contributed by atoms with Crippen LogP contribution in [0.3, 0.4) is 0 Å². The van der Waals surface area contributed by atoms with Gasteiger partial charge in [0.2, 0.25) is 11.8 Å². The van der Waals surface area contributed by atoms with Gasteiger partial charge in [-0.05, 0) is 41.1 Å². The number of piperazine rings is 1. The molecular formula is C18H27IN4O2. The van der Waals surface area contributed by atoms with Crippen molar-refractivity contribution in [1.29, 1.82) is 0 Å². The summed E-state index contributed by atoms with van der Waals surface area (Å²) in [5.74, 6) is 0.105. The predicted octanol–water partition coefficient (Wildman–Crippen LogP) is 1.76. The molecule has 1 aliphatic heterocycles. The number of nitrogens with one attached hydrogen (secondary N) is 2. The van der Waals surface area contributed by atoms with E-state index >= 15 is 0 Å². The van der Waals surface area contributed by atoms with Gasteiger partial charge in [0.25, 0.3) is 0 Å². The molecule has 138 valence electrons. The first kappa shape index (κ1) is 20.1. The summed E-state index contributed by atoms with van der Waals surface area (Å²) in [6, 6.07) is 7.76. The van der Waals surface area contributed by atoms with Gasteiger partial charge in [-0.2, -0.15) is 0 Å². The summed E-state index contributed by atoms with van der Waals surface area (Å²) in [6.45, 7) is 6.96. The third-order valence-electron chi connectivity index (χ3n) is 4.20. The number of hydrogen-bond donors (Lipinski definition) is 2. The van der Waals surface area contributed by atoms with Crippen molar-refractivity contribution in [3.8, 4) is 0 Å². The highest BCUT2D eigenvalue weighted by atomic mass is 127. The Labute approximate surface area is 163 Å². The van der Waals surface area contributed by atoms with Crippen LogP contribution in [0.2, 0.25) is 0 Å². The van der Waals surface area contributed by atoms with Crippen LogP contribution in [0.25, 0.3) is 0 Å². The first-order valence-electron chi connectivity index (χ1n) is 8.84. The molecule has 1 aliphatic rings. The Morgan fingerprint density at radius 1 is 1.04 bits per heavy atom. The van der Waals surface area contributed by atoms with Crippen LogP contribution < -0.4 is 10.6 Å². The number of anilines is 1. The average Bonchev–Trinajstić information content (AvgIpc) is 2.59. The van der Waals surface area contributed by atoms with E-state index in [-0.39, 0.29) is 11.8 Å².